The summed E-state index contributed by atoms with van der Waals surface area (Å²) >= 11 is 1.32. The molecule has 0 aliphatic carbocycles. The van der Waals surface area contributed by atoms with E-state index >= 15 is 0 Å². The number of allylic oxidation sites excluding steroid dienone is 1. The van der Waals surface area contributed by atoms with E-state index in [0.717, 1.165) is 36.3 Å². The summed E-state index contributed by atoms with van der Waals surface area (Å²) in [7, 11) is 1.61. The maximum Gasteiger partial charge on any atom is 0.268 e. The lowest BCUT2D eigenvalue weighted by Crippen LogP contribution is -2.13. The maximum atomic E-state index is 12.5. The van der Waals surface area contributed by atoms with Crippen LogP contribution in [0.15, 0.2) is 60.7 Å². The number of rotatable bonds is 14. The molecule has 8 nitrogen and oxygen atoms in total. The molecule has 0 saturated heterocycles. The molecule has 2 aromatic carbocycles. The van der Waals surface area contributed by atoms with E-state index in [-0.39, 0.29) is 5.57 Å². The summed E-state index contributed by atoms with van der Waals surface area (Å²) in [5, 5.41) is 21.4. The van der Waals surface area contributed by atoms with E-state index in [2.05, 4.69) is 29.0 Å². The molecule has 3 aromatic rings. The van der Waals surface area contributed by atoms with Crippen molar-refractivity contribution < 1.29 is 19.0 Å². The van der Waals surface area contributed by atoms with Crippen LogP contribution >= 0.6 is 11.3 Å². The van der Waals surface area contributed by atoms with Gasteiger partial charge < -0.3 is 14.2 Å². The molecule has 1 aromatic heterocycles. The van der Waals surface area contributed by atoms with Crippen LogP contribution in [0.4, 0.5) is 5.13 Å². The van der Waals surface area contributed by atoms with Crippen molar-refractivity contribution in [3.63, 3.8) is 0 Å². The van der Waals surface area contributed by atoms with Crippen molar-refractivity contribution in [1.82, 2.24) is 10.2 Å². The molecule has 3 rings (SSSR count). The average Bonchev–Trinajstić information content (AvgIpc) is 3.36. The zero-order valence-corrected chi connectivity index (χ0v) is 21.8. The fourth-order valence-electron chi connectivity index (χ4n) is 3.31. The molecule has 0 aliphatic rings. The molecule has 0 saturated carbocycles. The molecule has 192 valence electrons. The van der Waals surface area contributed by atoms with Crippen molar-refractivity contribution in [3.8, 4) is 23.3 Å². The minimum absolute atomic E-state index is 0.0274. The SMILES string of the molecule is C=CCc1ccc(OCCOc2ccc(C=C(C#N)C(=O)Nc3nnc(CCCC)s3)cc2)c(OC)c1. The smallest absolute Gasteiger partial charge is 0.268 e. The number of unbranched alkanes of at least 4 members (excludes halogenated alkanes) is 1. The lowest BCUT2D eigenvalue weighted by atomic mass is 10.1. The van der Waals surface area contributed by atoms with Gasteiger partial charge in [-0.1, -0.05) is 49.0 Å². The second kappa shape index (κ2) is 14.4. The Bertz CT molecular complexity index is 1260. The van der Waals surface area contributed by atoms with Gasteiger partial charge in [-0.3, -0.25) is 10.1 Å². The van der Waals surface area contributed by atoms with E-state index in [9.17, 15) is 10.1 Å². The quantitative estimate of drug-likeness (QED) is 0.128. The topological polar surface area (TPSA) is 106 Å². The molecule has 0 aliphatic heterocycles. The number of nitriles is 1. The van der Waals surface area contributed by atoms with Gasteiger partial charge in [0.2, 0.25) is 5.13 Å². The number of aryl methyl sites for hydroxylation is 1. The Hall–Kier alpha value is -4.16. The lowest BCUT2D eigenvalue weighted by molar-refractivity contribution is -0.112. The Morgan fingerprint density at radius 1 is 1.14 bits per heavy atom. The molecule has 1 N–H and O–H groups in total. The molecule has 0 radical (unpaired) electrons. The zero-order chi connectivity index (χ0) is 26.5. The molecular weight excluding hydrogens is 488 g/mol. The highest BCUT2D eigenvalue weighted by Crippen LogP contribution is 2.28. The highest BCUT2D eigenvalue weighted by Gasteiger charge is 2.13. The fourth-order valence-corrected chi connectivity index (χ4v) is 4.09. The van der Waals surface area contributed by atoms with Gasteiger partial charge in [0.05, 0.1) is 7.11 Å². The monoisotopic (exact) mass is 518 g/mol. The highest BCUT2D eigenvalue weighted by molar-refractivity contribution is 7.15. The summed E-state index contributed by atoms with van der Waals surface area (Å²) in [6.45, 7) is 6.52. The first kappa shape index (κ1) is 27.4. The summed E-state index contributed by atoms with van der Waals surface area (Å²) in [5.74, 6) is 1.43. The predicted molar refractivity (Wildman–Crippen MR) is 145 cm³/mol. The lowest BCUT2D eigenvalue weighted by Gasteiger charge is -2.12. The van der Waals surface area contributed by atoms with Crippen molar-refractivity contribution in [3.05, 3.63) is 76.8 Å². The standard InChI is InChI=1S/C28H30N4O4S/c1-4-6-8-26-31-32-28(37-26)30-27(33)22(19-29)17-21-9-12-23(13-10-21)35-15-16-36-24-14-11-20(7-5-2)18-25(24)34-3/h5,9-14,17-18H,2,4,6-8,15-16H2,1,3H3,(H,30,32,33). The van der Waals surface area contributed by atoms with Crippen LogP contribution < -0.4 is 19.5 Å². The third-order valence-corrected chi connectivity index (χ3v) is 6.10. The van der Waals surface area contributed by atoms with Crippen molar-refractivity contribution in [2.75, 3.05) is 25.6 Å². The normalized spacial score (nSPS) is 10.9. The number of aromatic nitrogens is 2. The summed E-state index contributed by atoms with van der Waals surface area (Å²) in [4.78, 5) is 12.5. The van der Waals surface area contributed by atoms with Crippen molar-refractivity contribution in [2.45, 2.75) is 32.6 Å². The molecule has 0 spiro atoms. The van der Waals surface area contributed by atoms with Crippen LogP contribution in [-0.2, 0) is 17.6 Å². The van der Waals surface area contributed by atoms with E-state index in [4.69, 9.17) is 14.2 Å². The summed E-state index contributed by atoms with van der Waals surface area (Å²) in [6.07, 6.45) is 7.00. The third-order valence-electron chi connectivity index (χ3n) is 5.21. The Morgan fingerprint density at radius 2 is 1.92 bits per heavy atom. The van der Waals surface area contributed by atoms with Crippen LogP contribution in [0.1, 0.15) is 35.9 Å². The number of benzene rings is 2. The Balaban J connectivity index is 1.50. The van der Waals surface area contributed by atoms with Gasteiger partial charge in [0.15, 0.2) is 11.5 Å². The minimum atomic E-state index is -0.522. The number of nitrogens with zero attached hydrogens (tertiary/aromatic N) is 3. The third kappa shape index (κ3) is 8.47. The number of ether oxygens (including phenoxy) is 3. The van der Waals surface area contributed by atoms with E-state index < -0.39 is 5.91 Å². The number of hydrogen-bond acceptors (Lipinski definition) is 8. The summed E-state index contributed by atoms with van der Waals surface area (Å²) < 4.78 is 16.9. The van der Waals surface area contributed by atoms with Gasteiger partial charge in [0.25, 0.3) is 5.91 Å². The zero-order valence-electron chi connectivity index (χ0n) is 21.0. The van der Waals surface area contributed by atoms with E-state index in [1.54, 1.807) is 31.4 Å². The second-order valence-electron chi connectivity index (χ2n) is 7.97. The molecule has 0 bridgehead atoms. The van der Waals surface area contributed by atoms with Gasteiger partial charge in [-0.25, -0.2) is 0 Å². The van der Waals surface area contributed by atoms with Crippen LogP contribution in [-0.4, -0.2) is 36.4 Å². The summed E-state index contributed by atoms with van der Waals surface area (Å²) in [5.41, 5.74) is 1.76. The van der Waals surface area contributed by atoms with Crippen LogP contribution in [0.2, 0.25) is 0 Å². The molecule has 0 atom stereocenters. The molecular formula is C28H30N4O4S. The Kier molecular flexibility index (Phi) is 10.7. The molecule has 0 unspecified atom stereocenters. The number of nitrogens with one attached hydrogen (secondary N) is 1. The van der Waals surface area contributed by atoms with Crippen molar-refractivity contribution in [2.24, 2.45) is 0 Å². The first-order chi connectivity index (χ1) is 18.1. The highest BCUT2D eigenvalue weighted by atomic mass is 32.1. The first-order valence-electron chi connectivity index (χ1n) is 11.9. The first-order valence-corrected chi connectivity index (χ1v) is 12.8. The Labute approximate surface area is 221 Å². The van der Waals surface area contributed by atoms with Gasteiger partial charge in [-0.15, -0.1) is 16.8 Å². The Morgan fingerprint density at radius 3 is 2.62 bits per heavy atom. The molecule has 37 heavy (non-hydrogen) atoms. The van der Waals surface area contributed by atoms with Crippen LogP contribution in [0, 0.1) is 11.3 Å². The minimum Gasteiger partial charge on any atom is -0.493 e. The van der Waals surface area contributed by atoms with Gasteiger partial charge in [0.1, 0.15) is 35.6 Å². The maximum absolute atomic E-state index is 12.5. The summed E-state index contributed by atoms with van der Waals surface area (Å²) in [6, 6.07) is 14.8. The number of amides is 1. The van der Waals surface area contributed by atoms with Crippen LogP contribution in [0.25, 0.3) is 6.08 Å². The second-order valence-corrected chi connectivity index (χ2v) is 9.03. The molecule has 1 heterocycles. The number of carbonyl (C=O) groups is 1. The van der Waals surface area contributed by atoms with Gasteiger partial charge >= 0.3 is 0 Å². The van der Waals surface area contributed by atoms with E-state index in [1.807, 2.05) is 30.3 Å². The van der Waals surface area contributed by atoms with Crippen molar-refractivity contribution in [1.29, 1.82) is 5.26 Å². The number of hydrogen-bond donors (Lipinski definition) is 1. The fraction of sp³-hybridized carbons (Fsp3) is 0.286. The number of carbonyl (C=O) groups excluding carboxylic acids is 1. The predicted octanol–water partition coefficient (Wildman–Crippen LogP) is 5.62. The molecule has 9 heteroatoms. The van der Waals surface area contributed by atoms with Crippen LogP contribution in [0.3, 0.4) is 0 Å². The van der Waals surface area contributed by atoms with Crippen LogP contribution in [0.5, 0.6) is 17.2 Å². The average molecular weight is 519 g/mol. The van der Waals surface area contributed by atoms with E-state index in [1.165, 1.54) is 17.4 Å². The molecule has 1 amide bonds. The van der Waals surface area contributed by atoms with E-state index in [0.29, 0.717) is 41.2 Å². The van der Waals surface area contributed by atoms with Gasteiger partial charge in [-0.2, -0.15) is 5.26 Å². The van der Waals surface area contributed by atoms with Gasteiger partial charge in [0, 0.05) is 6.42 Å². The number of methoxy groups -OCH3 is 1. The molecule has 0 fully saturated rings. The van der Waals surface area contributed by atoms with Gasteiger partial charge in [-0.05, 0) is 54.3 Å². The largest absolute Gasteiger partial charge is 0.493 e. The van der Waals surface area contributed by atoms with Crippen molar-refractivity contribution >= 4 is 28.5 Å². The number of anilines is 1.